The maximum Gasteiger partial charge on any atom is 0.125 e. The molecule has 0 fully saturated rings. The Balaban J connectivity index is 1.83. The van der Waals surface area contributed by atoms with Crippen LogP contribution in [0.2, 0.25) is 0 Å². The lowest BCUT2D eigenvalue weighted by molar-refractivity contribution is 0.481. The van der Waals surface area contributed by atoms with Gasteiger partial charge in [-0.15, -0.1) is 0 Å². The zero-order valence-corrected chi connectivity index (χ0v) is 8.60. The molecule has 1 N–H and O–H groups in total. The summed E-state index contributed by atoms with van der Waals surface area (Å²) in [6.07, 6.45) is 3.44. The average molecular weight is 203 g/mol. The number of hydrogen-bond donors (Lipinski definition) is 1. The van der Waals surface area contributed by atoms with Gasteiger partial charge in [0.25, 0.3) is 0 Å². The van der Waals surface area contributed by atoms with Crippen molar-refractivity contribution >= 4 is 0 Å². The summed E-state index contributed by atoms with van der Waals surface area (Å²) in [6.45, 7) is 3.33. The molecule has 0 aliphatic heterocycles. The van der Waals surface area contributed by atoms with E-state index < -0.39 is 0 Å². The molecule has 0 unspecified atom stereocenters. The highest BCUT2D eigenvalue weighted by molar-refractivity contribution is 5.02. The Morgan fingerprint density at radius 3 is 3.00 bits per heavy atom. The molecule has 0 aliphatic carbocycles. The van der Waals surface area contributed by atoms with E-state index in [0.717, 1.165) is 30.4 Å². The second-order valence-corrected chi connectivity index (χ2v) is 3.28. The molecule has 2 aromatic rings. The van der Waals surface area contributed by atoms with Crippen molar-refractivity contribution in [2.45, 2.75) is 20.0 Å². The number of hydrogen-bond acceptors (Lipinski definition) is 4. The van der Waals surface area contributed by atoms with Gasteiger partial charge in [-0.05, 0) is 25.1 Å². The van der Waals surface area contributed by atoms with Crippen molar-refractivity contribution in [3.8, 4) is 0 Å². The van der Waals surface area contributed by atoms with Crippen LogP contribution in [-0.2, 0) is 13.1 Å². The quantitative estimate of drug-likeness (QED) is 0.821. The van der Waals surface area contributed by atoms with E-state index in [0.29, 0.717) is 0 Å². The van der Waals surface area contributed by atoms with E-state index in [-0.39, 0.29) is 0 Å². The van der Waals surface area contributed by atoms with Crippen molar-refractivity contribution in [1.29, 1.82) is 0 Å². The van der Waals surface area contributed by atoms with Crippen molar-refractivity contribution in [2.75, 3.05) is 0 Å². The van der Waals surface area contributed by atoms with E-state index >= 15 is 0 Å². The monoisotopic (exact) mass is 203 g/mol. The van der Waals surface area contributed by atoms with Gasteiger partial charge in [0.1, 0.15) is 11.6 Å². The standard InChI is InChI=1S/C11H13N3O/c1-9-13-5-4-10(14-9)7-12-8-11-3-2-6-15-11/h2-6,12H,7-8H2,1H3. The van der Waals surface area contributed by atoms with E-state index in [1.807, 2.05) is 25.1 Å². The third kappa shape index (κ3) is 2.89. The molecule has 0 saturated carbocycles. The van der Waals surface area contributed by atoms with E-state index in [1.54, 1.807) is 12.5 Å². The van der Waals surface area contributed by atoms with Crippen LogP contribution in [0.4, 0.5) is 0 Å². The average Bonchev–Trinajstić information content (AvgIpc) is 2.71. The van der Waals surface area contributed by atoms with Gasteiger partial charge in [-0.25, -0.2) is 9.97 Å². The summed E-state index contributed by atoms with van der Waals surface area (Å²) < 4.78 is 5.20. The Bertz CT molecular complexity index is 412. The lowest BCUT2D eigenvalue weighted by atomic mass is 10.3. The number of nitrogens with one attached hydrogen (secondary N) is 1. The zero-order valence-electron chi connectivity index (χ0n) is 8.60. The highest BCUT2D eigenvalue weighted by Crippen LogP contribution is 2.00. The van der Waals surface area contributed by atoms with E-state index in [4.69, 9.17) is 4.42 Å². The minimum atomic E-state index is 0.718. The van der Waals surface area contributed by atoms with E-state index in [9.17, 15) is 0 Å². The lowest BCUT2D eigenvalue weighted by Crippen LogP contribution is -2.13. The summed E-state index contributed by atoms with van der Waals surface area (Å²) in [7, 11) is 0. The van der Waals surface area contributed by atoms with Crippen molar-refractivity contribution in [1.82, 2.24) is 15.3 Å². The molecule has 0 spiro atoms. The molecule has 0 atom stereocenters. The van der Waals surface area contributed by atoms with Crippen LogP contribution in [0, 0.1) is 6.92 Å². The predicted octanol–water partition coefficient (Wildman–Crippen LogP) is 1.67. The van der Waals surface area contributed by atoms with E-state index in [2.05, 4.69) is 15.3 Å². The fourth-order valence-electron chi connectivity index (χ4n) is 1.33. The molecule has 4 nitrogen and oxygen atoms in total. The molecule has 0 saturated heterocycles. The highest BCUT2D eigenvalue weighted by Gasteiger charge is 1.97. The normalized spacial score (nSPS) is 10.5. The number of furan rings is 1. The van der Waals surface area contributed by atoms with Crippen LogP contribution in [0.3, 0.4) is 0 Å². The largest absolute Gasteiger partial charge is 0.468 e. The number of aromatic nitrogens is 2. The molecule has 2 aromatic heterocycles. The smallest absolute Gasteiger partial charge is 0.125 e. The number of nitrogens with zero attached hydrogens (tertiary/aromatic N) is 2. The lowest BCUT2D eigenvalue weighted by Gasteiger charge is -2.02. The summed E-state index contributed by atoms with van der Waals surface area (Å²) in [5.74, 6) is 1.73. The second kappa shape index (κ2) is 4.70. The SMILES string of the molecule is Cc1nccc(CNCc2ccco2)n1. The fourth-order valence-corrected chi connectivity index (χ4v) is 1.33. The Kier molecular flexibility index (Phi) is 3.09. The maximum absolute atomic E-state index is 5.20. The Morgan fingerprint density at radius 2 is 2.27 bits per heavy atom. The van der Waals surface area contributed by atoms with Crippen molar-refractivity contribution < 1.29 is 4.42 Å². The van der Waals surface area contributed by atoms with Gasteiger partial charge in [0.2, 0.25) is 0 Å². The third-order valence-corrected chi connectivity index (χ3v) is 2.02. The third-order valence-electron chi connectivity index (χ3n) is 2.02. The zero-order chi connectivity index (χ0) is 10.5. The molecule has 0 aliphatic rings. The molecule has 78 valence electrons. The fraction of sp³-hybridized carbons (Fsp3) is 0.273. The molecule has 2 heterocycles. The van der Waals surface area contributed by atoms with Crippen LogP contribution in [-0.4, -0.2) is 9.97 Å². The van der Waals surface area contributed by atoms with Gasteiger partial charge in [-0.2, -0.15) is 0 Å². The molecular weight excluding hydrogens is 190 g/mol. The van der Waals surface area contributed by atoms with Crippen molar-refractivity contribution in [2.24, 2.45) is 0 Å². The molecule has 15 heavy (non-hydrogen) atoms. The van der Waals surface area contributed by atoms with Gasteiger partial charge in [0.15, 0.2) is 0 Å². The summed E-state index contributed by atoms with van der Waals surface area (Å²) in [6, 6.07) is 5.73. The van der Waals surface area contributed by atoms with Gasteiger partial charge in [-0.3, -0.25) is 0 Å². The van der Waals surface area contributed by atoms with Crippen LogP contribution < -0.4 is 5.32 Å². The molecule has 0 amide bonds. The van der Waals surface area contributed by atoms with Crippen molar-refractivity contribution in [3.05, 3.63) is 47.9 Å². The molecular formula is C11H13N3O. The highest BCUT2D eigenvalue weighted by atomic mass is 16.3. The molecule has 2 rings (SSSR count). The first-order valence-electron chi connectivity index (χ1n) is 4.86. The number of aryl methyl sites for hydroxylation is 1. The Hall–Kier alpha value is -1.68. The van der Waals surface area contributed by atoms with Crippen LogP contribution in [0.1, 0.15) is 17.3 Å². The summed E-state index contributed by atoms with van der Waals surface area (Å²) in [5.41, 5.74) is 0.994. The molecule has 4 heteroatoms. The van der Waals surface area contributed by atoms with Crippen molar-refractivity contribution in [3.63, 3.8) is 0 Å². The van der Waals surface area contributed by atoms with Crippen LogP contribution in [0.5, 0.6) is 0 Å². The second-order valence-electron chi connectivity index (χ2n) is 3.28. The van der Waals surface area contributed by atoms with E-state index in [1.165, 1.54) is 0 Å². The first-order chi connectivity index (χ1) is 7.34. The Labute approximate surface area is 88.4 Å². The van der Waals surface area contributed by atoms with Gasteiger partial charge >= 0.3 is 0 Å². The Morgan fingerprint density at radius 1 is 1.33 bits per heavy atom. The minimum Gasteiger partial charge on any atom is -0.468 e. The number of rotatable bonds is 4. The molecule has 0 bridgehead atoms. The van der Waals surface area contributed by atoms with Gasteiger partial charge in [-0.1, -0.05) is 0 Å². The van der Waals surface area contributed by atoms with Gasteiger partial charge < -0.3 is 9.73 Å². The van der Waals surface area contributed by atoms with Crippen LogP contribution >= 0.6 is 0 Å². The summed E-state index contributed by atoms with van der Waals surface area (Å²) >= 11 is 0. The van der Waals surface area contributed by atoms with Crippen LogP contribution in [0.25, 0.3) is 0 Å². The van der Waals surface area contributed by atoms with Gasteiger partial charge in [0, 0.05) is 12.7 Å². The topological polar surface area (TPSA) is 51.0 Å². The summed E-state index contributed by atoms with van der Waals surface area (Å²) in [5, 5.41) is 3.25. The minimum absolute atomic E-state index is 0.718. The first-order valence-corrected chi connectivity index (χ1v) is 4.86. The maximum atomic E-state index is 5.20. The molecule has 0 aromatic carbocycles. The molecule has 0 radical (unpaired) electrons. The van der Waals surface area contributed by atoms with Crippen LogP contribution in [0.15, 0.2) is 35.1 Å². The predicted molar refractivity (Wildman–Crippen MR) is 56.0 cm³/mol. The summed E-state index contributed by atoms with van der Waals surface area (Å²) in [4.78, 5) is 8.33. The first kappa shape index (κ1) is 9.86. The van der Waals surface area contributed by atoms with Gasteiger partial charge in [0.05, 0.1) is 18.5 Å².